The van der Waals surface area contributed by atoms with Crippen molar-refractivity contribution in [2.45, 2.75) is 58.5 Å². The minimum Gasteiger partial charge on any atom is -0.406 e. The van der Waals surface area contributed by atoms with E-state index >= 15 is 0 Å². The highest BCUT2D eigenvalue weighted by atomic mass is 19.4. The van der Waals surface area contributed by atoms with Crippen LogP contribution in [0.1, 0.15) is 45.1 Å². The molecule has 0 aliphatic carbocycles. The largest absolute Gasteiger partial charge is 0.573 e. The zero-order chi connectivity index (χ0) is 15.9. The Labute approximate surface area is 124 Å². The lowest BCUT2D eigenvalue weighted by molar-refractivity contribution is -0.274. The number of halogens is 3. The molecule has 1 aromatic rings. The Morgan fingerprint density at radius 1 is 1.14 bits per heavy atom. The average Bonchev–Trinajstić information content (AvgIpc) is 2.36. The van der Waals surface area contributed by atoms with Crippen LogP contribution in [0.15, 0.2) is 24.3 Å². The molecule has 1 aromatic carbocycles. The standard InChI is InChI=1S/C16H24F3NO/c1-4-7-14(8-5-2)20(3)12-13-9-6-10-15(11-13)21-16(17,18)19/h6,9-11,14H,4-5,7-8,12H2,1-3H3. The summed E-state index contributed by atoms with van der Waals surface area (Å²) in [6, 6.07) is 6.67. The van der Waals surface area contributed by atoms with Crippen molar-refractivity contribution in [3.8, 4) is 5.75 Å². The molecule has 2 nitrogen and oxygen atoms in total. The molecule has 0 aliphatic rings. The second kappa shape index (κ2) is 8.27. The predicted molar refractivity (Wildman–Crippen MR) is 78.2 cm³/mol. The lowest BCUT2D eigenvalue weighted by Gasteiger charge is -2.28. The Hall–Kier alpha value is -1.23. The summed E-state index contributed by atoms with van der Waals surface area (Å²) in [6.45, 7) is 4.92. The number of hydrogen-bond acceptors (Lipinski definition) is 2. The number of nitrogens with zero attached hydrogens (tertiary/aromatic N) is 1. The average molecular weight is 303 g/mol. The normalized spacial score (nSPS) is 12.2. The quantitative estimate of drug-likeness (QED) is 0.671. The number of ether oxygens (including phenoxy) is 1. The van der Waals surface area contributed by atoms with Gasteiger partial charge >= 0.3 is 6.36 Å². The van der Waals surface area contributed by atoms with Gasteiger partial charge < -0.3 is 4.74 Å². The topological polar surface area (TPSA) is 12.5 Å². The fraction of sp³-hybridized carbons (Fsp3) is 0.625. The van der Waals surface area contributed by atoms with E-state index in [-0.39, 0.29) is 5.75 Å². The minimum absolute atomic E-state index is 0.157. The van der Waals surface area contributed by atoms with Crippen molar-refractivity contribution >= 4 is 0 Å². The molecule has 0 atom stereocenters. The molecule has 0 aromatic heterocycles. The van der Waals surface area contributed by atoms with Crippen LogP contribution in [0.4, 0.5) is 13.2 Å². The van der Waals surface area contributed by atoms with Gasteiger partial charge in [-0.05, 0) is 37.6 Å². The molecule has 0 amide bonds. The van der Waals surface area contributed by atoms with E-state index in [0.29, 0.717) is 12.6 Å². The first-order valence-corrected chi connectivity index (χ1v) is 7.40. The van der Waals surface area contributed by atoms with Crippen LogP contribution in [0.25, 0.3) is 0 Å². The smallest absolute Gasteiger partial charge is 0.406 e. The lowest BCUT2D eigenvalue weighted by atomic mass is 10.0. The van der Waals surface area contributed by atoms with Gasteiger partial charge in [0.05, 0.1) is 0 Å². The maximum Gasteiger partial charge on any atom is 0.573 e. The number of hydrogen-bond donors (Lipinski definition) is 0. The fourth-order valence-corrected chi connectivity index (χ4v) is 2.51. The first-order valence-electron chi connectivity index (χ1n) is 7.40. The molecule has 0 saturated carbocycles. The van der Waals surface area contributed by atoms with Gasteiger partial charge in [0.15, 0.2) is 0 Å². The van der Waals surface area contributed by atoms with Gasteiger partial charge in [-0.1, -0.05) is 38.8 Å². The zero-order valence-corrected chi connectivity index (χ0v) is 12.9. The number of alkyl halides is 3. The molecule has 21 heavy (non-hydrogen) atoms. The molecule has 0 radical (unpaired) electrons. The van der Waals surface area contributed by atoms with Crippen molar-refractivity contribution in [3.05, 3.63) is 29.8 Å². The summed E-state index contributed by atoms with van der Waals surface area (Å²) in [7, 11) is 2.02. The summed E-state index contributed by atoms with van der Waals surface area (Å²) < 4.78 is 40.7. The Morgan fingerprint density at radius 3 is 2.29 bits per heavy atom. The molecule has 0 aliphatic heterocycles. The van der Waals surface area contributed by atoms with Crippen LogP contribution in [0, 0.1) is 0 Å². The molecule has 120 valence electrons. The van der Waals surface area contributed by atoms with Crippen LogP contribution in [0.5, 0.6) is 5.75 Å². The Balaban J connectivity index is 2.70. The molecule has 0 fully saturated rings. The third-order valence-electron chi connectivity index (χ3n) is 3.43. The van der Waals surface area contributed by atoms with Crippen LogP contribution in [-0.2, 0) is 6.54 Å². The summed E-state index contributed by atoms with van der Waals surface area (Å²) in [4.78, 5) is 2.21. The second-order valence-electron chi connectivity index (χ2n) is 5.34. The molecule has 0 unspecified atom stereocenters. The first kappa shape index (κ1) is 17.8. The van der Waals surface area contributed by atoms with E-state index in [0.717, 1.165) is 31.2 Å². The monoisotopic (exact) mass is 303 g/mol. The van der Waals surface area contributed by atoms with Gasteiger partial charge in [0.25, 0.3) is 0 Å². The lowest BCUT2D eigenvalue weighted by Crippen LogP contribution is -2.31. The predicted octanol–water partition coefficient (Wildman–Crippen LogP) is 4.99. The first-order chi connectivity index (χ1) is 9.85. The van der Waals surface area contributed by atoms with Crippen LogP contribution >= 0.6 is 0 Å². The van der Waals surface area contributed by atoms with Crippen molar-refractivity contribution in [1.82, 2.24) is 4.90 Å². The van der Waals surface area contributed by atoms with Crippen LogP contribution in [0.2, 0.25) is 0 Å². The van der Waals surface area contributed by atoms with E-state index in [4.69, 9.17) is 0 Å². The third kappa shape index (κ3) is 6.85. The van der Waals surface area contributed by atoms with Crippen molar-refractivity contribution in [3.63, 3.8) is 0 Å². The maximum atomic E-state index is 12.2. The van der Waals surface area contributed by atoms with Crippen LogP contribution < -0.4 is 4.74 Å². The summed E-state index contributed by atoms with van der Waals surface area (Å²) >= 11 is 0. The van der Waals surface area contributed by atoms with Gasteiger partial charge in [-0.15, -0.1) is 13.2 Å². The highest BCUT2D eigenvalue weighted by Crippen LogP contribution is 2.24. The van der Waals surface area contributed by atoms with E-state index < -0.39 is 6.36 Å². The molecule has 0 heterocycles. The van der Waals surface area contributed by atoms with Crippen molar-refractivity contribution < 1.29 is 17.9 Å². The van der Waals surface area contributed by atoms with Gasteiger partial charge in [0, 0.05) is 12.6 Å². The van der Waals surface area contributed by atoms with E-state index in [9.17, 15) is 13.2 Å². The zero-order valence-electron chi connectivity index (χ0n) is 12.9. The van der Waals surface area contributed by atoms with Crippen molar-refractivity contribution in [1.29, 1.82) is 0 Å². The van der Waals surface area contributed by atoms with Crippen LogP contribution in [0.3, 0.4) is 0 Å². The fourth-order valence-electron chi connectivity index (χ4n) is 2.51. The van der Waals surface area contributed by atoms with Gasteiger partial charge in [-0.3, -0.25) is 4.90 Å². The van der Waals surface area contributed by atoms with Gasteiger partial charge in [-0.25, -0.2) is 0 Å². The maximum absolute atomic E-state index is 12.2. The Morgan fingerprint density at radius 2 is 1.76 bits per heavy atom. The molecule has 0 saturated heterocycles. The summed E-state index contributed by atoms with van der Waals surface area (Å²) in [5, 5.41) is 0. The number of rotatable bonds is 8. The van der Waals surface area contributed by atoms with Gasteiger partial charge in [0.1, 0.15) is 5.75 Å². The second-order valence-corrected chi connectivity index (χ2v) is 5.34. The molecule has 0 spiro atoms. The Bertz CT molecular complexity index is 414. The van der Waals surface area contributed by atoms with Gasteiger partial charge in [0.2, 0.25) is 0 Å². The highest BCUT2D eigenvalue weighted by Gasteiger charge is 2.31. The van der Waals surface area contributed by atoms with E-state index in [1.165, 1.54) is 12.1 Å². The Kier molecular flexibility index (Phi) is 7.02. The number of benzene rings is 1. The molecule has 1 rings (SSSR count). The molecular formula is C16H24F3NO. The van der Waals surface area contributed by atoms with Crippen molar-refractivity contribution in [2.75, 3.05) is 7.05 Å². The highest BCUT2D eigenvalue weighted by molar-refractivity contribution is 5.28. The summed E-state index contributed by atoms with van der Waals surface area (Å²) in [5.74, 6) is -0.157. The van der Waals surface area contributed by atoms with E-state index in [1.807, 2.05) is 13.1 Å². The molecule has 0 N–H and O–H groups in total. The van der Waals surface area contributed by atoms with Crippen LogP contribution in [-0.4, -0.2) is 24.4 Å². The summed E-state index contributed by atoms with van der Waals surface area (Å²) in [5.41, 5.74) is 0.830. The van der Waals surface area contributed by atoms with Gasteiger partial charge in [-0.2, -0.15) is 0 Å². The van der Waals surface area contributed by atoms with E-state index in [1.54, 1.807) is 6.07 Å². The molecule has 0 bridgehead atoms. The summed E-state index contributed by atoms with van der Waals surface area (Å²) in [6.07, 6.45) is -0.234. The molecular weight excluding hydrogens is 279 g/mol. The SMILES string of the molecule is CCCC(CCC)N(C)Cc1cccc(OC(F)(F)F)c1. The molecule has 5 heteroatoms. The minimum atomic E-state index is -4.64. The van der Waals surface area contributed by atoms with E-state index in [2.05, 4.69) is 23.5 Å². The third-order valence-corrected chi connectivity index (χ3v) is 3.43. The van der Waals surface area contributed by atoms with Crippen molar-refractivity contribution in [2.24, 2.45) is 0 Å².